The van der Waals surface area contributed by atoms with Gasteiger partial charge in [0.25, 0.3) is 5.91 Å². The quantitative estimate of drug-likeness (QED) is 0.610. The van der Waals surface area contributed by atoms with Gasteiger partial charge < -0.3 is 14.8 Å². The van der Waals surface area contributed by atoms with Crippen LogP contribution in [0.15, 0.2) is 78.9 Å². The molecule has 150 valence electrons. The minimum atomic E-state index is -0.921. The summed E-state index contributed by atoms with van der Waals surface area (Å²) in [5, 5.41) is 11.9. The number of amides is 1. The SMILES string of the molecule is COC(=O)C(NC(=O)c1cccc(OCc2ccccc2C#N)c1)c1ccccc1. The highest BCUT2D eigenvalue weighted by Gasteiger charge is 2.24. The van der Waals surface area contributed by atoms with Gasteiger partial charge in [0.1, 0.15) is 12.4 Å². The number of nitriles is 1. The van der Waals surface area contributed by atoms with Crippen molar-refractivity contribution in [2.45, 2.75) is 12.6 Å². The van der Waals surface area contributed by atoms with Crippen molar-refractivity contribution in [2.24, 2.45) is 0 Å². The number of carbonyl (C=O) groups excluding carboxylic acids is 2. The number of esters is 1. The Morgan fingerprint density at radius 2 is 1.73 bits per heavy atom. The summed E-state index contributed by atoms with van der Waals surface area (Å²) >= 11 is 0. The van der Waals surface area contributed by atoms with E-state index in [4.69, 9.17) is 9.47 Å². The molecule has 0 aliphatic heterocycles. The molecule has 3 aromatic rings. The number of ether oxygens (including phenoxy) is 2. The molecule has 1 N–H and O–H groups in total. The van der Waals surface area contributed by atoms with E-state index in [1.807, 2.05) is 18.2 Å². The number of methoxy groups -OCH3 is 1. The maximum Gasteiger partial charge on any atom is 0.333 e. The molecule has 0 radical (unpaired) electrons. The van der Waals surface area contributed by atoms with E-state index in [0.717, 1.165) is 5.56 Å². The van der Waals surface area contributed by atoms with Crippen LogP contribution >= 0.6 is 0 Å². The smallest absolute Gasteiger partial charge is 0.333 e. The van der Waals surface area contributed by atoms with Crippen molar-refractivity contribution in [3.63, 3.8) is 0 Å². The summed E-state index contributed by atoms with van der Waals surface area (Å²) in [7, 11) is 1.28. The Kier molecular flexibility index (Phi) is 6.80. The van der Waals surface area contributed by atoms with Crippen molar-refractivity contribution in [3.8, 4) is 11.8 Å². The Morgan fingerprint density at radius 3 is 2.47 bits per heavy atom. The van der Waals surface area contributed by atoms with Crippen LogP contribution in [0.3, 0.4) is 0 Å². The zero-order valence-corrected chi connectivity index (χ0v) is 16.4. The summed E-state index contributed by atoms with van der Waals surface area (Å²) in [5.41, 5.74) is 2.25. The second-order valence-electron chi connectivity index (χ2n) is 6.43. The molecule has 0 aliphatic rings. The first-order valence-electron chi connectivity index (χ1n) is 9.27. The Balaban J connectivity index is 1.73. The Bertz CT molecular complexity index is 1070. The van der Waals surface area contributed by atoms with E-state index in [1.165, 1.54) is 7.11 Å². The first-order valence-corrected chi connectivity index (χ1v) is 9.27. The summed E-state index contributed by atoms with van der Waals surface area (Å²) < 4.78 is 10.6. The molecule has 30 heavy (non-hydrogen) atoms. The largest absolute Gasteiger partial charge is 0.489 e. The average Bonchev–Trinajstić information content (AvgIpc) is 2.81. The van der Waals surface area contributed by atoms with Crippen LogP contribution in [0, 0.1) is 11.3 Å². The van der Waals surface area contributed by atoms with Gasteiger partial charge in [-0.2, -0.15) is 5.26 Å². The maximum atomic E-state index is 12.8. The number of hydrogen-bond acceptors (Lipinski definition) is 5. The Labute approximate surface area is 174 Å². The molecule has 3 aromatic carbocycles. The topological polar surface area (TPSA) is 88.4 Å². The highest BCUT2D eigenvalue weighted by molar-refractivity contribution is 5.97. The van der Waals surface area contributed by atoms with Crippen LogP contribution in [0.25, 0.3) is 0 Å². The number of carbonyl (C=O) groups is 2. The molecule has 1 unspecified atom stereocenters. The van der Waals surface area contributed by atoms with Crippen LogP contribution in [0.1, 0.15) is 33.1 Å². The number of rotatable bonds is 7. The standard InChI is InChI=1S/C24H20N2O4/c1-29-24(28)22(17-8-3-2-4-9-17)26-23(27)18-12-7-13-21(14-18)30-16-20-11-6-5-10-19(20)15-25/h2-14,22H,16H2,1H3,(H,26,27). The predicted octanol–water partition coefficient (Wildman–Crippen LogP) is 3.78. The van der Waals surface area contributed by atoms with Crippen LogP contribution in [0.4, 0.5) is 0 Å². The third kappa shape index (κ3) is 5.03. The molecule has 0 aliphatic carbocycles. The molecule has 3 rings (SSSR count). The minimum absolute atomic E-state index is 0.198. The molecular formula is C24H20N2O4. The number of benzene rings is 3. The number of nitrogens with zero attached hydrogens (tertiary/aromatic N) is 1. The van der Waals surface area contributed by atoms with Crippen molar-refractivity contribution >= 4 is 11.9 Å². The monoisotopic (exact) mass is 400 g/mol. The van der Waals surface area contributed by atoms with E-state index in [1.54, 1.807) is 60.7 Å². The predicted molar refractivity (Wildman–Crippen MR) is 111 cm³/mol. The van der Waals surface area contributed by atoms with E-state index >= 15 is 0 Å². The van der Waals surface area contributed by atoms with E-state index in [2.05, 4.69) is 11.4 Å². The Hall–Kier alpha value is -4.11. The van der Waals surface area contributed by atoms with Crippen molar-refractivity contribution in [1.29, 1.82) is 5.26 Å². The molecule has 0 heterocycles. The average molecular weight is 400 g/mol. The molecule has 0 saturated heterocycles. The van der Waals surface area contributed by atoms with Gasteiger partial charge in [-0.15, -0.1) is 0 Å². The van der Waals surface area contributed by atoms with E-state index in [0.29, 0.717) is 22.4 Å². The fourth-order valence-corrected chi connectivity index (χ4v) is 2.90. The molecule has 0 fully saturated rings. The van der Waals surface area contributed by atoms with Crippen LogP contribution < -0.4 is 10.1 Å². The van der Waals surface area contributed by atoms with Crippen LogP contribution in [-0.2, 0) is 16.1 Å². The normalized spacial score (nSPS) is 11.1. The minimum Gasteiger partial charge on any atom is -0.489 e. The summed E-state index contributed by atoms with van der Waals surface area (Å²) in [4.78, 5) is 24.9. The zero-order valence-electron chi connectivity index (χ0n) is 16.4. The lowest BCUT2D eigenvalue weighted by Gasteiger charge is -2.17. The van der Waals surface area contributed by atoms with Gasteiger partial charge in [0.05, 0.1) is 18.7 Å². The van der Waals surface area contributed by atoms with Gasteiger partial charge in [-0.05, 0) is 29.8 Å². The Morgan fingerprint density at radius 1 is 1.00 bits per heavy atom. The van der Waals surface area contributed by atoms with Gasteiger partial charge in [0.15, 0.2) is 6.04 Å². The zero-order chi connectivity index (χ0) is 21.3. The first-order chi connectivity index (χ1) is 14.6. The number of hydrogen-bond donors (Lipinski definition) is 1. The third-order valence-electron chi connectivity index (χ3n) is 4.47. The molecule has 1 amide bonds. The lowest BCUT2D eigenvalue weighted by Crippen LogP contribution is -2.34. The van der Waals surface area contributed by atoms with E-state index in [9.17, 15) is 14.9 Å². The second-order valence-corrected chi connectivity index (χ2v) is 6.43. The first kappa shape index (κ1) is 20.6. The second kappa shape index (κ2) is 9.89. The summed E-state index contributed by atoms with van der Waals surface area (Å²) in [6.07, 6.45) is 0. The third-order valence-corrected chi connectivity index (χ3v) is 4.47. The molecule has 0 bridgehead atoms. The fraction of sp³-hybridized carbons (Fsp3) is 0.125. The lowest BCUT2D eigenvalue weighted by molar-refractivity contribution is -0.143. The summed E-state index contributed by atoms with van der Waals surface area (Å²) in [6.45, 7) is 0.198. The van der Waals surface area contributed by atoms with Crippen LogP contribution in [-0.4, -0.2) is 19.0 Å². The van der Waals surface area contributed by atoms with Crippen LogP contribution in [0.5, 0.6) is 5.75 Å². The maximum absolute atomic E-state index is 12.8. The highest BCUT2D eigenvalue weighted by Crippen LogP contribution is 2.19. The molecule has 6 heteroatoms. The van der Waals surface area contributed by atoms with E-state index < -0.39 is 17.9 Å². The summed E-state index contributed by atoms with van der Waals surface area (Å²) in [6, 6.07) is 23.9. The van der Waals surface area contributed by atoms with E-state index in [-0.39, 0.29) is 6.61 Å². The van der Waals surface area contributed by atoms with Gasteiger partial charge in [-0.25, -0.2) is 4.79 Å². The van der Waals surface area contributed by atoms with Crippen molar-refractivity contribution < 1.29 is 19.1 Å². The molecular weight excluding hydrogens is 380 g/mol. The molecule has 0 spiro atoms. The lowest BCUT2D eigenvalue weighted by atomic mass is 10.1. The number of nitrogens with one attached hydrogen (secondary N) is 1. The van der Waals surface area contributed by atoms with Gasteiger partial charge in [-0.3, -0.25) is 4.79 Å². The summed E-state index contributed by atoms with van der Waals surface area (Å²) in [5.74, 6) is -0.517. The molecule has 1 atom stereocenters. The fourth-order valence-electron chi connectivity index (χ4n) is 2.90. The van der Waals surface area contributed by atoms with Gasteiger partial charge in [0, 0.05) is 11.1 Å². The molecule has 0 aromatic heterocycles. The van der Waals surface area contributed by atoms with Gasteiger partial charge >= 0.3 is 5.97 Å². The van der Waals surface area contributed by atoms with Gasteiger partial charge in [-0.1, -0.05) is 54.6 Å². The van der Waals surface area contributed by atoms with Crippen molar-refractivity contribution in [1.82, 2.24) is 5.32 Å². The van der Waals surface area contributed by atoms with Gasteiger partial charge in [0.2, 0.25) is 0 Å². The van der Waals surface area contributed by atoms with Crippen LogP contribution in [0.2, 0.25) is 0 Å². The van der Waals surface area contributed by atoms with Crippen molar-refractivity contribution in [3.05, 3.63) is 101 Å². The highest BCUT2D eigenvalue weighted by atomic mass is 16.5. The van der Waals surface area contributed by atoms with Crippen molar-refractivity contribution in [2.75, 3.05) is 7.11 Å². The molecule has 6 nitrogen and oxygen atoms in total. The molecule has 0 saturated carbocycles.